The Hall–Kier alpha value is -2.47. The second-order valence-corrected chi connectivity index (χ2v) is 4.79. The molecule has 0 aliphatic heterocycles. The minimum atomic E-state index is 0.515. The number of rotatable bonds is 5. The molecule has 0 saturated carbocycles. The van der Waals surface area contributed by atoms with Crippen LogP contribution < -0.4 is 10.5 Å². The van der Waals surface area contributed by atoms with Gasteiger partial charge in [0.1, 0.15) is 5.75 Å². The lowest BCUT2D eigenvalue weighted by atomic mass is 10.0. The quantitative estimate of drug-likeness (QED) is 0.765. The summed E-state index contributed by atoms with van der Waals surface area (Å²) in [6.07, 6.45) is 0.664. The van der Waals surface area contributed by atoms with Crippen LogP contribution in [-0.4, -0.2) is 33.9 Å². The normalized spacial score (nSPS) is 11.0. The van der Waals surface area contributed by atoms with E-state index in [1.807, 2.05) is 18.2 Å². The molecule has 2 aromatic carbocycles. The summed E-state index contributed by atoms with van der Waals surface area (Å²) in [5, 5.41) is 14.1. The number of tetrazole rings is 1. The number of methoxy groups -OCH3 is 1. The fraction of sp³-hybridized carbons (Fsp3) is 0.267. The van der Waals surface area contributed by atoms with Crippen LogP contribution in [0, 0.1) is 0 Å². The molecule has 1 heterocycles. The van der Waals surface area contributed by atoms with Crippen LogP contribution >= 0.6 is 0 Å². The molecule has 6 nitrogen and oxygen atoms in total. The van der Waals surface area contributed by atoms with Crippen LogP contribution in [0.5, 0.6) is 5.75 Å². The molecule has 0 radical (unpaired) electrons. The molecule has 0 fully saturated rings. The van der Waals surface area contributed by atoms with E-state index in [0.29, 0.717) is 19.5 Å². The summed E-state index contributed by atoms with van der Waals surface area (Å²) >= 11 is 0. The van der Waals surface area contributed by atoms with Gasteiger partial charge in [0.25, 0.3) is 0 Å². The van der Waals surface area contributed by atoms with Gasteiger partial charge in [-0.25, -0.2) is 4.68 Å². The first kappa shape index (κ1) is 13.5. The minimum Gasteiger partial charge on any atom is -0.497 e. The Morgan fingerprint density at radius 3 is 2.95 bits per heavy atom. The summed E-state index contributed by atoms with van der Waals surface area (Å²) in [6, 6.07) is 12.3. The van der Waals surface area contributed by atoms with Crippen molar-refractivity contribution in [2.75, 3.05) is 13.7 Å². The van der Waals surface area contributed by atoms with Crippen molar-refractivity contribution < 1.29 is 4.74 Å². The highest BCUT2D eigenvalue weighted by Gasteiger charge is 2.09. The Balaban J connectivity index is 2.01. The second kappa shape index (κ2) is 5.88. The summed E-state index contributed by atoms with van der Waals surface area (Å²) in [5.41, 5.74) is 6.74. The van der Waals surface area contributed by atoms with Crippen molar-refractivity contribution in [3.05, 3.63) is 47.8 Å². The number of hydrogen-bond donors (Lipinski definition) is 1. The monoisotopic (exact) mass is 283 g/mol. The maximum atomic E-state index is 5.58. The summed E-state index contributed by atoms with van der Waals surface area (Å²) in [6.45, 7) is 1.14. The van der Waals surface area contributed by atoms with Crippen LogP contribution in [0.15, 0.2) is 36.4 Å². The molecule has 0 atom stereocenters. The summed E-state index contributed by atoms with van der Waals surface area (Å²) in [5.74, 6) is 1.66. The molecule has 21 heavy (non-hydrogen) atoms. The van der Waals surface area contributed by atoms with Crippen LogP contribution in [0.3, 0.4) is 0 Å². The van der Waals surface area contributed by atoms with Crippen molar-refractivity contribution in [1.82, 2.24) is 20.2 Å². The van der Waals surface area contributed by atoms with Crippen molar-refractivity contribution in [3.63, 3.8) is 0 Å². The van der Waals surface area contributed by atoms with Crippen LogP contribution in [0.1, 0.15) is 11.4 Å². The Morgan fingerprint density at radius 2 is 2.14 bits per heavy atom. The SMILES string of the molecule is COc1ccc2cccc(Cc3nnnn3CCN)c2c1. The Labute approximate surface area is 122 Å². The van der Waals surface area contributed by atoms with Crippen molar-refractivity contribution in [3.8, 4) is 5.75 Å². The molecule has 0 aliphatic rings. The van der Waals surface area contributed by atoms with E-state index in [2.05, 4.69) is 33.7 Å². The fourth-order valence-corrected chi connectivity index (χ4v) is 2.41. The molecular weight excluding hydrogens is 266 g/mol. The van der Waals surface area contributed by atoms with E-state index in [4.69, 9.17) is 10.5 Å². The summed E-state index contributed by atoms with van der Waals surface area (Å²) < 4.78 is 7.06. The maximum absolute atomic E-state index is 5.58. The zero-order chi connectivity index (χ0) is 14.7. The molecule has 6 heteroatoms. The second-order valence-electron chi connectivity index (χ2n) is 4.79. The van der Waals surface area contributed by atoms with Crippen LogP contribution in [0.25, 0.3) is 10.8 Å². The first-order valence-corrected chi connectivity index (χ1v) is 6.82. The van der Waals surface area contributed by atoms with Gasteiger partial charge >= 0.3 is 0 Å². The van der Waals surface area contributed by atoms with E-state index < -0.39 is 0 Å². The lowest BCUT2D eigenvalue weighted by molar-refractivity contribution is 0.415. The van der Waals surface area contributed by atoms with E-state index in [0.717, 1.165) is 17.0 Å². The molecule has 3 rings (SSSR count). The van der Waals surface area contributed by atoms with Gasteiger partial charge in [0.15, 0.2) is 5.82 Å². The smallest absolute Gasteiger partial charge is 0.155 e. The van der Waals surface area contributed by atoms with Crippen molar-refractivity contribution in [2.45, 2.75) is 13.0 Å². The molecule has 0 spiro atoms. The van der Waals surface area contributed by atoms with E-state index >= 15 is 0 Å². The Morgan fingerprint density at radius 1 is 1.24 bits per heavy atom. The third kappa shape index (κ3) is 2.71. The van der Waals surface area contributed by atoms with Gasteiger partial charge in [-0.05, 0) is 38.9 Å². The molecule has 108 valence electrons. The lowest BCUT2D eigenvalue weighted by Crippen LogP contribution is -2.14. The maximum Gasteiger partial charge on any atom is 0.155 e. The van der Waals surface area contributed by atoms with Gasteiger partial charge in [0.2, 0.25) is 0 Å². The molecular formula is C15H17N5O. The topological polar surface area (TPSA) is 78.9 Å². The molecule has 2 N–H and O–H groups in total. The zero-order valence-electron chi connectivity index (χ0n) is 11.9. The van der Waals surface area contributed by atoms with E-state index in [9.17, 15) is 0 Å². The first-order chi connectivity index (χ1) is 10.3. The average molecular weight is 283 g/mol. The van der Waals surface area contributed by atoms with Crippen LogP contribution in [-0.2, 0) is 13.0 Å². The minimum absolute atomic E-state index is 0.515. The molecule has 0 amide bonds. The number of hydrogen-bond acceptors (Lipinski definition) is 5. The van der Waals surface area contributed by atoms with E-state index in [1.165, 1.54) is 10.9 Å². The molecule has 0 aliphatic carbocycles. The number of ether oxygens (including phenoxy) is 1. The van der Waals surface area contributed by atoms with Gasteiger partial charge in [-0.3, -0.25) is 0 Å². The van der Waals surface area contributed by atoms with Gasteiger partial charge in [0, 0.05) is 13.0 Å². The molecule has 0 bridgehead atoms. The standard InChI is InChI=1S/C15H17N5O/c1-21-13-6-5-11-3-2-4-12(14(11)10-13)9-15-17-18-19-20(15)8-7-16/h2-6,10H,7-9,16H2,1H3. The van der Waals surface area contributed by atoms with Gasteiger partial charge in [-0.2, -0.15) is 0 Å². The third-order valence-electron chi connectivity index (χ3n) is 3.48. The average Bonchev–Trinajstić information content (AvgIpc) is 2.95. The van der Waals surface area contributed by atoms with Gasteiger partial charge in [-0.15, -0.1) is 5.10 Å². The number of nitrogens with zero attached hydrogens (tertiary/aromatic N) is 4. The highest BCUT2D eigenvalue weighted by atomic mass is 16.5. The summed E-state index contributed by atoms with van der Waals surface area (Å²) in [4.78, 5) is 0. The van der Waals surface area contributed by atoms with Crippen LogP contribution in [0.2, 0.25) is 0 Å². The number of nitrogens with two attached hydrogens (primary N) is 1. The number of aromatic nitrogens is 4. The van der Waals surface area contributed by atoms with Gasteiger partial charge in [-0.1, -0.05) is 24.3 Å². The summed E-state index contributed by atoms with van der Waals surface area (Å²) in [7, 11) is 1.67. The van der Waals surface area contributed by atoms with Gasteiger partial charge in [0.05, 0.1) is 13.7 Å². The third-order valence-corrected chi connectivity index (χ3v) is 3.48. The molecule has 1 aromatic heterocycles. The lowest BCUT2D eigenvalue weighted by Gasteiger charge is -2.08. The number of fused-ring (bicyclic) bond motifs is 1. The van der Waals surface area contributed by atoms with E-state index in [-0.39, 0.29) is 0 Å². The Bertz CT molecular complexity index is 753. The number of benzene rings is 2. The molecule has 0 saturated heterocycles. The molecule has 3 aromatic rings. The van der Waals surface area contributed by atoms with Crippen molar-refractivity contribution in [2.24, 2.45) is 5.73 Å². The largest absolute Gasteiger partial charge is 0.497 e. The van der Waals surface area contributed by atoms with Crippen molar-refractivity contribution >= 4 is 10.8 Å². The van der Waals surface area contributed by atoms with Gasteiger partial charge < -0.3 is 10.5 Å². The zero-order valence-corrected chi connectivity index (χ0v) is 11.9. The van der Waals surface area contributed by atoms with Crippen LogP contribution in [0.4, 0.5) is 0 Å². The predicted octanol–water partition coefficient (Wildman–Crippen LogP) is 1.38. The highest BCUT2D eigenvalue weighted by molar-refractivity contribution is 5.87. The van der Waals surface area contributed by atoms with Crippen molar-refractivity contribution in [1.29, 1.82) is 0 Å². The Kier molecular flexibility index (Phi) is 3.79. The highest BCUT2D eigenvalue weighted by Crippen LogP contribution is 2.25. The predicted molar refractivity (Wildman–Crippen MR) is 80.2 cm³/mol. The van der Waals surface area contributed by atoms with E-state index in [1.54, 1.807) is 11.8 Å². The fourth-order valence-electron chi connectivity index (χ4n) is 2.41. The molecule has 0 unspecified atom stereocenters. The first-order valence-electron chi connectivity index (χ1n) is 6.82.